The second-order valence-electron chi connectivity index (χ2n) is 0.154. The number of halogens is 1. The van der Waals surface area contributed by atoms with Crippen molar-refractivity contribution in [1.82, 2.24) is 0 Å². The summed E-state index contributed by atoms with van der Waals surface area (Å²) in [7, 11) is 0. The Labute approximate surface area is 51.5 Å². The molecular formula is C2H4IMn. The molecule has 0 aromatic rings. The molecular weight excluding hydrogens is 206 g/mol. The van der Waals surface area contributed by atoms with Gasteiger partial charge in [-0.05, 0) is 0 Å². The molecule has 0 aromatic heterocycles. The molecule has 0 heterocycles. The first-order valence-corrected chi connectivity index (χ1v) is 1.31. The predicted octanol–water partition coefficient (Wildman–Crippen LogP) is 1.29. The van der Waals surface area contributed by atoms with Gasteiger partial charge >= 0.3 is 27.6 Å². The molecule has 0 N–H and O–H groups in total. The molecule has 0 aliphatic heterocycles. The third-order valence-corrected chi connectivity index (χ3v) is 0. The molecule has 0 aliphatic rings. The van der Waals surface area contributed by atoms with Crippen molar-refractivity contribution in [3.63, 3.8) is 0 Å². The third kappa shape index (κ3) is 12.1. The van der Waals surface area contributed by atoms with Crippen molar-refractivity contribution in [1.29, 1.82) is 0 Å². The van der Waals surface area contributed by atoms with E-state index in [-0.39, 0.29) is 24.0 Å². The van der Waals surface area contributed by atoms with Crippen molar-refractivity contribution >= 4 is 24.0 Å². The molecule has 0 nitrogen and oxygen atoms in total. The zero-order chi connectivity index (χ0) is 2.71. The largest absolute Gasteiger partial charge is 0.107 e. The molecule has 0 saturated carbocycles. The van der Waals surface area contributed by atoms with Crippen LogP contribution in [0.25, 0.3) is 0 Å². The second kappa shape index (κ2) is 9.01. The Balaban J connectivity index is 0. The topological polar surface area (TPSA) is 0 Å². The summed E-state index contributed by atoms with van der Waals surface area (Å²) >= 11 is 2.91. The van der Waals surface area contributed by atoms with Gasteiger partial charge in [0.25, 0.3) is 0 Å². The first-order valence-electron chi connectivity index (χ1n) is 0.626. The van der Waals surface area contributed by atoms with Crippen LogP contribution in [0.15, 0.2) is 11.6 Å². The molecule has 0 atom stereocenters. The summed E-state index contributed by atoms with van der Waals surface area (Å²) in [6.07, 6.45) is 0. The van der Waals surface area contributed by atoms with Crippen LogP contribution in [0.5, 0.6) is 0 Å². The van der Waals surface area contributed by atoms with E-state index in [2.05, 4.69) is 22.6 Å². The summed E-state index contributed by atoms with van der Waals surface area (Å²) in [6.45, 7) is 3.28. The average molecular weight is 210 g/mol. The molecule has 2 heteroatoms. The summed E-state index contributed by atoms with van der Waals surface area (Å²) in [4.78, 5) is 1.56. The number of hydrogen-bond acceptors (Lipinski definition) is 0. The normalized spacial score (nSPS) is 3.25. The zero-order valence-corrected chi connectivity index (χ0v) is 5.58. The Morgan fingerprint density at radius 3 is 1.75 bits per heavy atom. The summed E-state index contributed by atoms with van der Waals surface area (Å²) in [5, 5.41) is 0. The Morgan fingerprint density at radius 2 is 1.75 bits per heavy atom. The summed E-state index contributed by atoms with van der Waals surface area (Å²) in [6, 6.07) is 0. The van der Waals surface area contributed by atoms with Gasteiger partial charge in [0.2, 0.25) is 0 Å². The maximum absolute atomic E-state index is 3.28. The van der Waals surface area contributed by atoms with Crippen LogP contribution >= 0.6 is 24.0 Å². The molecule has 0 rings (SSSR count). The molecule has 0 bridgehead atoms. The van der Waals surface area contributed by atoms with Gasteiger partial charge in [0.1, 0.15) is 0 Å². The zero-order valence-electron chi connectivity index (χ0n) is 2.07. The van der Waals surface area contributed by atoms with Crippen molar-refractivity contribution in [2.24, 2.45) is 0 Å². The van der Waals surface area contributed by atoms with Crippen LogP contribution in [0, 0.1) is 0 Å². The van der Waals surface area contributed by atoms with E-state index in [0.29, 0.717) is 0 Å². The van der Waals surface area contributed by atoms with Gasteiger partial charge < -0.3 is 0 Å². The molecule has 0 spiro atoms. The van der Waals surface area contributed by atoms with E-state index < -0.39 is 0 Å². The van der Waals surface area contributed by atoms with Gasteiger partial charge in [-0.15, -0.1) is 24.0 Å². The number of rotatable bonds is 0. The molecule has 4 heavy (non-hydrogen) atoms. The summed E-state index contributed by atoms with van der Waals surface area (Å²) in [5.41, 5.74) is 0. The van der Waals surface area contributed by atoms with Gasteiger partial charge in [0.05, 0.1) is 0 Å². The Morgan fingerprint density at radius 1 is 1.75 bits per heavy atom. The van der Waals surface area contributed by atoms with E-state index in [0.717, 1.165) is 0 Å². The van der Waals surface area contributed by atoms with Crippen molar-refractivity contribution in [2.45, 2.75) is 0 Å². The van der Waals surface area contributed by atoms with Crippen LogP contribution in [-0.4, -0.2) is 0 Å². The van der Waals surface area contributed by atoms with Crippen LogP contribution in [0.3, 0.4) is 0 Å². The Bertz CT molecular complexity index is 13.5. The van der Waals surface area contributed by atoms with Gasteiger partial charge in [-0.2, -0.15) is 0 Å². The maximum atomic E-state index is 3.28. The fourth-order valence-electron chi connectivity index (χ4n) is 0. The maximum Gasteiger partial charge on any atom is -0.107 e. The summed E-state index contributed by atoms with van der Waals surface area (Å²) in [5.74, 6) is 0. The Kier molecular flexibility index (Phi) is 20.0. The molecule has 0 aromatic carbocycles. The first kappa shape index (κ1) is 8.89. The van der Waals surface area contributed by atoms with E-state index in [9.17, 15) is 0 Å². The van der Waals surface area contributed by atoms with E-state index >= 15 is 0 Å². The first-order chi connectivity index (χ1) is 1.41. The fourth-order valence-corrected chi connectivity index (χ4v) is 0. The molecule has 26 valence electrons. The quantitative estimate of drug-likeness (QED) is 0.417. The van der Waals surface area contributed by atoms with Gasteiger partial charge in [0.15, 0.2) is 0 Å². The van der Waals surface area contributed by atoms with E-state index in [1.54, 1.807) is 4.97 Å². The van der Waals surface area contributed by atoms with Crippen LogP contribution in [-0.2, 0) is 16.0 Å². The molecule has 0 saturated heterocycles. The van der Waals surface area contributed by atoms with Crippen molar-refractivity contribution < 1.29 is 16.0 Å². The molecule has 0 unspecified atom stereocenters. The predicted molar refractivity (Wildman–Crippen MR) is 25.6 cm³/mol. The standard InChI is InChI=1S/C2H3.HI.Mn/c1-2;;/h1H,2H2;1H;. The SMILES string of the molecule is C=[CH][Mn].I. The minimum absolute atomic E-state index is 0. The van der Waals surface area contributed by atoms with Gasteiger partial charge in [-0.1, -0.05) is 0 Å². The van der Waals surface area contributed by atoms with Crippen molar-refractivity contribution in [2.75, 3.05) is 0 Å². The number of hydrogen-bond donors (Lipinski definition) is 0. The molecule has 0 radical (unpaired) electrons. The fraction of sp³-hybridized carbons (Fsp3) is 0. The van der Waals surface area contributed by atoms with E-state index in [4.69, 9.17) is 0 Å². The van der Waals surface area contributed by atoms with Gasteiger partial charge in [-0.3, -0.25) is 0 Å². The molecule has 0 fully saturated rings. The second-order valence-corrected chi connectivity index (χ2v) is 0.636. The van der Waals surface area contributed by atoms with E-state index in [1.807, 2.05) is 0 Å². The smallest absolute Gasteiger partial charge is 0.107 e. The molecule has 0 amide bonds. The van der Waals surface area contributed by atoms with Crippen molar-refractivity contribution in [3.8, 4) is 0 Å². The van der Waals surface area contributed by atoms with Crippen LogP contribution < -0.4 is 0 Å². The summed E-state index contributed by atoms with van der Waals surface area (Å²) < 4.78 is 0. The van der Waals surface area contributed by atoms with Gasteiger partial charge in [-0.25, -0.2) is 0 Å². The van der Waals surface area contributed by atoms with Crippen LogP contribution in [0.1, 0.15) is 0 Å². The minimum atomic E-state index is 0. The monoisotopic (exact) mass is 210 g/mol. The van der Waals surface area contributed by atoms with E-state index in [1.165, 1.54) is 0 Å². The minimum Gasteiger partial charge on any atom is -0.107 e. The third-order valence-electron chi connectivity index (χ3n) is 0. The van der Waals surface area contributed by atoms with Crippen molar-refractivity contribution in [3.05, 3.63) is 11.6 Å². The van der Waals surface area contributed by atoms with Gasteiger partial charge in [0, 0.05) is 0 Å². The van der Waals surface area contributed by atoms with Crippen LogP contribution in [0.4, 0.5) is 0 Å². The molecule has 0 aliphatic carbocycles. The average Bonchev–Trinajstić information content (AvgIpc) is 0.918. The van der Waals surface area contributed by atoms with Crippen LogP contribution in [0.2, 0.25) is 0 Å². The Hall–Kier alpha value is 0.989.